The molecule has 5 heteroatoms. The second kappa shape index (κ2) is 8.19. The molecule has 0 unspecified atom stereocenters. The molecule has 0 spiro atoms. The zero-order chi connectivity index (χ0) is 15.0. The molecular weight excluding hydrogens is 256 g/mol. The lowest BCUT2D eigenvalue weighted by atomic mass is 10.0. The molecule has 0 aliphatic rings. The third-order valence-corrected chi connectivity index (χ3v) is 2.79. The summed E-state index contributed by atoms with van der Waals surface area (Å²) in [5, 5.41) is 5.37. The highest BCUT2D eigenvalue weighted by Gasteiger charge is 2.22. The summed E-state index contributed by atoms with van der Waals surface area (Å²) in [6.45, 7) is 4.39. The Hall–Kier alpha value is -2.04. The molecule has 1 rings (SSSR count). The second-order valence-electron chi connectivity index (χ2n) is 5.02. The number of esters is 1. The van der Waals surface area contributed by atoms with E-state index in [2.05, 4.69) is 10.6 Å². The minimum absolute atomic E-state index is 0.286. The minimum Gasteiger partial charge on any atom is -0.467 e. The van der Waals surface area contributed by atoms with Crippen LogP contribution in [-0.2, 0) is 16.1 Å². The van der Waals surface area contributed by atoms with Gasteiger partial charge in [-0.2, -0.15) is 0 Å². The van der Waals surface area contributed by atoms with E-state index >= 15 is 0 Å². The molecule has 110 valence electrons. The lowest BCUT2D eigenvalue weighted by Crippen LogP contribution is -2.46. The molecule has 2 N–H and O–H groups in total. The lowest BCUT2D eigenvalue weighted by molar-refractivity contribution is -0.143. The number of rotatable bonds is 6. The highest BCUT2D eigenvalue weighted by Crippen LogP contribution is 2.06. The zero-order valence-electron chi connectivity index (χ0n) is 12.2. The van der Waals surface area contributed by atoms with Gasteiger partial charge < -0.3 is 15.4 Å². The average molecular weight is 278 g/mol. The Kier molecular flexibility index (Phi) is 6.56. The van der Waals surface area contributed by atoms with Crippen LogP contribution >= 0.6 is 0 Å². The molecule has 0 bridgehead atoms. The number of amides is 2. The normalized spacial score (nSPS) is 11.8. The van der Waals surface area contributed by atoms with Crippen molar-refractivity contribution in [3.8, 4) is 0 Å². The van der Waals surface area contributed by atoms with E-state index in [1.165, 1.54) is 7.11 Å². The van der Waals surface area contributed by atoms with Crippen LogP contribution < -0.4 is 10.6 Å². The first-order valence-corrected chi connectivity index (χ1v) is 6.69. The molecule has 0 saturated heterocycles. The molecule has 0 fully saturated rings. The van der Waals surface area contributed by atoms with Crippen LogP contribution in [0, 0.1) is 5.92 Å². The van der Waals surface area contributed by atoms with E-state index in [1.54, 1.807) is 0 Å². The number of benzene rings is 1. The van der Waals surface area contributed by atoms with Gasteiger partial charge >= 0.3 is 12.0 Å². The molecular formula is C15H22N2O3. The Bertz CT molecular complexity index is 432. The number of ether oxygens (including phenoxy) is 1. The SMILES string of the molecule is COC(=O)[C@@H](CC(C)C)NC(=O)NCc1ccccc1. The quantitative estimate of drug-likeness (QED) is 0.783. The van der Waals surface area contributed by atoms with Gasteiger partial charge in [0.2, 0.25) is 0 Å². The van der Waals surface area contributed by atoms with Gasteiger partial charge in [0.1, 0.15) is 6.04 Å². The molecule has 0 aliphatic heterocycles. The van der Waals surface area contributed by atoms with Crippen molar-refractivity contribution >= 4 is 12.0 Å². The Labute approximate surface area is 119 Å². The highest BCUT2D eigenvalue weighted by atomic mass is 16.5. The van der Waals surface area contributed by atoms with Gasteiger partial charge in [0.15, 0.2) is 0 Å². The zero-order valence-corrected chi connectivity index (χ0v) is 12.2. The first-order valence-electron chi connectivity index (χ1n) is 6.69. The van der Waals surface area contributed by atoms with E-state index in [-0.39, 0.29) is 11.9 Å². The van der Waals surface area contributed by atoms with Crippen molar-refractivity contribution in [3.05, 3.63) is 35.9 Å². The van der Waals surface area contributed by atoms with Crippen LogP contribution in [-0.4, -0.2) is 25.2 Å². The van der Waals surface area contributed by atoms with E-state index in [4.69, 9.17) is 4.74 Å². The van der Waals surface area contributed by atoms with Crippen molar-refractivity contribution < 1.29 is 14.3 Å². The molecule has 0 aliphatic carbocycles. The fourth-order valence-electron chi connectivity index (χ4n) is 1.82. The lowest BCUT2D eigenvalue weighted by Gasteiger charge is -2.18. The maximum atomic E-state index is 11.8. The van der Waals surface area contributed by atoms with Gasteiger partial charge in [0.25, 0.3) is 0 Å². The molecule has 2 amide bonds. The van der Waals surface area contributed by atoms with Crippen molar-refractivity contribution in [2.75, 3.05) is 7.11 Å². The van der Waals surface area contributed by atoms with Gasteiger partial charge in [-0.15, -0.1) is 0 Å². The molecule has 0 saturated carbocycles. The number of carbonyl (C=O) groups is 2. The summed E-state index contributed by atoms with van der Waals surface area (Å²) in [5.74, 6) is -0.137. The van der Waals surface area contributed by atoms with E-state index in [0.717, 1.165) is 5.56 Å². The van der Waals surface area contributed by atoms with E-state index < -0.39 is 12.0 Å². The predicted molar refractivity (Wildman–Crippen MR) is 77.1 cm³/mol. The van der Waals surface area contributed by atoms with Crippen molar-refractivity contribution in [2.24, 2.45) is 5.92 Å². The van der Waals surface area contributed by atoms with Gasteiger partial charge in [-0.05, 0) is 17.9 Å². The summed E-state index contributed by atoms with van der Waals surface area (Å²) >= 11 is 0. The fourth-order valence-corrected chi connectivity index (χ4v) is 1.82. The number of methoxy groups -OCH3 is 1. The molecule has 1 aromatic carbocycles. The van der Waals surface area contributed by atoms with Gasteiger partial charge in [-0.3, -0.25) is 0 Å². The van der Waals surface area contributed by atoms with Gasteiger partial charge in [0.05, 0.1) is 7.11 Å². The number of nitrogens with one attached hydrogen (secondary N) is 2. The van der Waals surface area contributed by atoms with E-state index in [9.17, 15) is 9.59 Å². The first kappa shape index (κ1) is 16.0. The van der Waals surface area contributed by atoms with Crippen LogP contribution in [0.15, 0.2) is 30.3 Å². The summed E-state index contributed by atoms with van der Waals surface area (Å²) in [6.07, 6.45) is 0.547. The largest absolute Gasteiger partial charge is 0.467 e. The second-order valence-corrected chi connectivity index (χ2v) is 5.02. The fraction of sp³-hybridized carbons (Fsp3) is 0.467. The van der Waals surface area contributed by atoms with Gasteiger partial charge in [0, 0.05) is 6.54 Å². The standard InChI is InChI=1S/C15H22N2O3/c1-11(2)9-13(14(18)20-3)17-15(19)16-10-12-7-5-4-6-8-12/h4-8,11,13H,9-10H2,1-3H3,(H2,16,17,19)/t13-/m1/s1. The Morgan fingerprint density at radius 1 is 1.20 bits per heavy atom. The smallest absolute Gasteiger partial charge is 0.328 e. The third kappa shape index (κ3) is 5.73. The van der Waals surface area contributed by atoms with Crippen molar-refractivity contribution in [3.63, 3.8) is 0 Å². The van der Waals surface area contributed by atoms with Crippen molar-refractivity contribution in [1.82, 2.24) is 10.6 Å². The predicted octanol–water partition coefficient (Wildman–Crippen LogP) is 2.07. The minimum atomic E-state index is -0.615. The van der Waals surface area contributed by atoms with Gasteiger partial charge in [-0.1, -0.05) is 44.2 Å². The summed E-state index contributed by atoms with van der Waals surface area (Å²) in [5.41, 5.74) is 1.00. The molecule has 0 radical (unpaired) electrons. The number of hydrogen-bond donors (Lipinski definition) is 2. The third-order valence-electron chi connectivity index (χ3n) is 2.79. The Balaban J connectivity index is 2.47. The number of hydrogen-bond acceptors (Lipinski definition) is 3. The van der Waals surface area contributed by atoms with E-state index in [0.29, 0.717) is 13.0 Å². The Morgan fingerprint density at radius 3 is 2.40 bits per heavy atom. The van der Waals surface area contributed by atoms with Crippen LogP contribution in [0.25, 0.3) is 0 Å². The summed E-state index contributed by atoms with van der Waals surface area (Å²) in [7, 11) is 1.32. The van der Waals surface area contributed by atoms with Crippen LogP contribution in [0.3, 0.4) is 0 Å². The molecule has 1 atom stereocenters. The molecule has 1 aromatic rings. The monoisotopic (exact) mass is 278 g/mol. The molecule has 5 nitrogen and oxygen atoms in total. The van der Waals surface area contributed by atoms with Crippen LogP contribution in [0.1, 0.15) is 25.8 Å². The van der Waals surface area contributed by atoms with E-state index in [1.807, 2.05) is 44.2 Å². The summed E-state index contributed by atoms with van der Waals surface area (Å²) in [4.78, 5) is 23.4. The highest BCUT2D eigenvalue weighted by molar-refractivity contribution is 5.83. The van der Waals surface area contributed by atoms with Crippen LogP contribution in [0.5, 0.6) is 0 Å². The molecule has 0 heterocycles. The van der Waals surface area contributed by atoms with Crippen molar-refractivity contribution in [2.45, 2.75) is 32.9 Å². The number of urea groups is 1. The van der Waals surface area contributed by atoms with Gasteiger partial charge in [-0.25, -0.2) is 9.59 Å². The first-order chi connectivity index (χ1) is 9.52. The Morgan fingerprint density at radius 2 is 1.85 bits per heavy atom. The summed E-state index contributed by atoms with van der Waals surface area (Å²) < 4.78 is 4.70. The number of carbonyl (C=O) groups excluding carboxylic acids is 2. The summed E-state index contributed by atoms with van der Waals surface area (Å²) in [6, 6.07) is 8.59. The van der Waals surface area contributed by atoms with Crippen LogP contribution in [0.2, 0.25) is 0 Å². The maximum absolute atomic E-state index is 11.8. The maximum Gasteiger partial charge on any atom is 0.328 e. The van der Waals surface area contributed by atoms with Crippen molar-refractivity contribution in [1.29, 1.82) is 0 Å². The average Bonchev–Trinajstić information content (AvgIpc) is 2.44. The van der Waals surface area contributed by atoms with Crippen LogP contribution in [0.4, 0.5) is 4.79 Å². The molecule has 0 aromatic heterocycles. The molecule has 20 heavy (non-hydrogen) atoms. The topological polar surface area (TPSA) is 67.4 Å².